The SMILES string of the molecule is CCOC(Cn1ccc2ccccc2c1=O)OCC. The highest BCUT2D eigenvalue weighted by Crippen LogP contribution is 2.09. The number of rotatable bonds is 6. The van der Waals surface area contributed by atoms with Crippen LogP contribution < -0.4 is 5.56 Å². The first-order chi connectivity index (χ1) is 9.26. The fourth-order valence-electron chi connectivity index (χ4n) is 2.06. The van der Waals surface area contributed by atoms with Crippen molar-refractivity contribution in [1.29, 1.82) is 0 Å². The molecule has 0 saturated heterocycles. The summed E-state index contributed by atoms with van der Waals surface area (Å²) in [5.41, 5.74) is -0.0116. The molecule has 0 bridgehead atoms. The van der Waals surface area contributed by atoms with Gasteiger partial charge in [-0.2, -0.15) is 0 Å². The monoisotopic (exact) mass is 261 g/mol. The molecule has 0 aliphatic rings. The van der Waals surface area contributed by atoms with Crippen LogP contribution in [0.1, 0.15) is 13.8 Å². The number of aromatic nitrogens is 1. The molecule has 2 rings (SSSR count). The lowest BCUT2D eigenvalue weighted by Gasteiger charge is -2.18. The van der Waals surface area contributed by atoms with Gasteiger partial charge < -0.3 is 14.0 Å². The molecule has 0 N–H and O–H groups in total. The van der Waals surface area contributed by atoms with Gasteiger partial charge in [0.1, 0.15) is 0 Å². The summed E-state index contributed by atoms with van der Waals surface area (Å²) >= 11 is 0. The second-order valence-electron chi connectivity index (χ2n) is 4.20. The molecule has 1 heterocycles. The molecule has 0 atom stereocenters. The molecular formula is C15H19NO3. The number of benzene rings is 1. The van der Waals surface area contributed by atoms with E-state index >= 15 is 0 Å². The molecule has 102 valence electrons. The van der Waals surface area contributed by atoms with Crippen LogP contribution in [0.3, 0.4) is 0 Å². The van der Waals surface area contributed by atoms with Crippen LogP contribution >= 0.6 is 0 Å². The van der Waals surface area contributed by atoms with Crippen LogP contribution in [0.15, 0.2) is 41.3 Å². The molecule has 19 heavy (non-hydrogen) atoms. The Labute approximate surface area is 112 Å². The van der Waals surface area contributed by atoms with Crippen LogP contribution in [-0.2, 0) is 16.0 Å². The summed E-state index contributed by atoms with van der Waals surface area (Å²) in [5.74, 6) is 0. The van der Waals surface area contributed by atoms with Gasteiger partial charge >= 0.3 is 0 Å². The molecule has 0 radical (unpaired) electrons. The molecule has 4 heteroatoms. The van der Waals surface area contributed by atoms with Gasteiger partial charge in [-0.1, -0.05) is 18.2 Å². The smallest absolute Gasteiger partial charge is 0.258 e. The average molecular weight is 261 g/mol. The fraction of sp³-hybridized carbons (Fsp3) is 0.400. The van der Waals surface area contributed by atoms with Crippen molar-refractivity contribution in [2.24, 2.45) is 0 Å². The maximum Gasteiger partial charge on any atom is 0.258 e. The predicted molar refractivity (Wildman–Crippen MR) is 75.2 cm³/mol. The van der Waals surface area contributed by atoms with E-state index in [9.17, 15) is 4.79 Å². The Balaban J connectivity index is 2.29. The predicted octanol–water partition coefficient (Wildman–Crippen LogP) is 2.40. The third kappa shape index (κ3) is 3.22. The maximum absolute atomic E-state index is 12.3. The Morgan fingerprint density at radius 3 is 2.47 bits per heavy atom. The Hall–Kier alpha value is -1.65. The standard InChI is InChI=1S/C15H19NO3/c1-3-18-14(19-4-2)11-16-10-9-12-7-5-6-8-13(12)15(16)17/h5-10,14H,3-4,11H2,1-2H3. The number of pyridine rings is 1. The molecule has 1 aromatic heterocycles. The Kier molecular flexibility index (Phi) is 4.71. The van der Waals surface area contributed by atoms with Crippen molar-refractivity contribution in [3.8, 4) is 0 Å². The molecule has 0 unspecified atom stereocenters. The second-order valence-corrected chi connectivity index (χ2v) is 4.20. The zero-order valence-corrected chi connectivity index (χ0v) is 11.3. The first-order valence-corrected chi connectivity index (χ1v) is 6.57. The lowest BCUT2D eigenvalue weighted by molar-refractivity contribution is -0.143. The Morgan fingerprint density at radius 2 is 1.79 bits per heavy atom. The van der Waals surface area contributed by atoms with Gasteiger partial charge in [0.15, 0.2) is 6.29 Å². The average Bonchev–Trinajstić information content (AvgIpc) is 2.43. The van der Waals surface area contributed by atoms with Gasteiger partial charge in [-0.3, -0.25) is 4.79 Å². The van der Waals surface area contributed by atoms with E-state index in [1.165, 1.54) is 0 Å². The maximum atomic E-state index is 12.3. The summed E-state index contributed by atoms with van der Waals surface area (Å²) in [6.45, 7) is 5.36. The van der Waals surface area contributed by atoms with Gasteiger partial charge in [0.2, 0.25) is 0 Å². The largest absolute Gasteiger partial charge is 0.351 e. The summed E-state index contributed by atoms with van der Waals surface area (Å²) < 4.78 is 12.6. The van der Waals surface area contributed by atoms with Crippen molar-refractivity contribution in [2.75, 3.05) is 13.2 Å². The van der Waals surface area contributed by atoms with Crippen LogP contribution in [0.2, 0.25) is 0 Å². The van der Waals surface area contributed by atoms with Gasteiger partial charge in [0.25, 0.3) is 5.56 Å². The van der Waals surface area contributed by atoms with Crippen LogP contribution in [0.25, 0.3) is 10.8 Å². The van der Waals surface area contributed by atoms with Crippen molar-refractivity contribution in [1.82, 2.24) is 4.57 Å². The Morgan fingerprint density at radius 1 is 1.11 bits per heavy atom. The zero-order chi connectivity index (χ0) is 13.7. The molecule has 0 aliphatic carbocycles. The first-order valence-electron chi connectivity index (χ1n) is 6.57. The van der Waals surface area contributed by atoms with Crippen LogP contribution in [0.5, 0.6) is 0 Å². The van der Waals surface area contributed by atoms with E-state index in [1.54, 1.807) is 10.8 Å². The van der Waals surface area contributed by atoms with Gasteiger partial charge in [-0.15, -0.1) is 0 Å². The lowest BCUT2D eigenvalue weighted by Crippen LogP contribution is -2.30. The molecule has 0 amide bonds. The van der Waals surface area contributed by atoms with E-state index in [-0.39, 0.29) is 11.8 Å². The molecular weight excluding hydrogens is 242 g/mol. The van der Waals surface area contributed by atoms with E-state index in [0.717, 1.165) is 10.8 Å². The van der Waals surface area contributed by atoms with Gasteiger partial charge in [-0.25, -0.2) is 0 Å². The van der Waals surface area contributed by atoms with E-state index < -0.39 is 0 Å². The molecule has 0 spiro atoms. The molecule has 0 aliphatic heterocycles. The number of hydrogen-bond donors (Lipinski definition) is 0. The topological polar surface area (TPSA) is 40.5 Å². The van der Waals surface area contributed by atoms with Crippen molar-refractivity contribution in [2.45, 2.75) is 26.7 Å². The van der Waals surface area contributed by atoms with Crippen molar-refractivity contribution in [3.63, 3.8) is 0 Å². The van der Waals surface area contributed by atoms with Gasteiger partial charge in [0, 0.05) is 24.8 Å². The number of ether oxygens (including phenoxy) is 2. The molecule has 4 nitrogen and oxygen atoms in total. The molecule has 0 fully saturated rings. The Bertz CT molecular complexity index is 585. The third-order valence-electron chi connectivity index (χ3n) is 2.94. The van der Waals surface area contributed by atoms with Gasteiger partial charge in [0.05, 0.1) is 6.54 Å². The summed E-state index contributed by atoms with van der Waals surface area (Å²) in [7, 11) is 0. The summed E-state index contributed by atoms with van der Waals surface area (Å²) in [4.78, 5) is 12.3. The minimum Gasteiger partial charge on any atom is -0.351 e. The molecule has 1 aromatic carbocycles. The van der Waals surface area contributed by atoms with E-state index in [0.29, 0.717) is 19.8 Å². The van der Waals surface area contributed by atoms with E-state index in [2.05, 4.69) is 0 Å². The van der Waals surface area contributed by atoms with E-state index in [4.69, 9.17) is 9.47 Å². The zero-order valence-electron chi connectivity index (χ0n) is 11.3. The summed E-state index contributed by atoms with van der Waals surface area (Å²) in [5, 5.41) is 1.67. The minimum absolute atomic E-state index is 0.0116. The number of hydrogen-bond acceptors (Lipinski definition) is 3. The summed E-state index contributed by atoms with van der Waals surface area (Å²) in [6, 6.07) is 9.51. The number of nitrogens with zero attached hydrogens (tertiary/aromatic N) is 1. The van der Waals surface area contributed by atoms with Crippen LogP contribution in [-0.4, -0.2) is 24.1 Å². The molecule has 0 saturated carbocycles. The van der Waals surface area contributed by atoms with E-state index in [1.807, 2.05) is 44.2 Å². The highest BCUT2D eigenvalue weighted by atomic mass is 16.7. The highest BCUT2D eigenvalue weighted by molar-refractivity contribution is 5.81. The van der Waals surface area contributed by atoms with Crippen LogP contribution in [0, 0.1) is 0 Å². The van der Waals surface area contributed by atoms with Crippen molar-refractivity contribution in [3.05, 3.63) is 46.9 Å². The van der Waals surface area contributed by atoms with Crippen molar-refractivity contribution >= 4 is 10.8 Å². The third-order valence-corrected chi connectivity index (χ3v) is 2.94. The normalized spacial score (nSPS) is 11.3. The van der Waals surface area contributed by atoms with Gasteiger partial charge in [-0.05, 0) is 31.4 Å². The quantitative estimate of drug-likeness (QED) is 0.750. The second kappa shape index (κ2) is 6.50. The number of fused-ring (bicyclic) bond motifs is 1. The first kappa shape index (κ1) is 13.8. The fourth-order valence-corrected chi connectivity index (χ4v) is 2.06. The molecule has 2 aromatic rings. The summed E-state index contributed by atoms with van der Waals surface area (Å²) in [6.07, 6.45) is 1.41. The van der Waals surface area contributed by atoms with Crippen molar-refractivity contribution < 1.29 is 9.47 Å². The highest BCUT2D eigenvalue weighted by Gasteiger charge is 2.10. The minimum atomic E-state index is -0.381. The van der Waals surface area contributed by atoms with Crippen LogP contribution in [0.4, 0.5) is 0 Å². The lowest BCUT2D eigenvalue weighted by atomic mass is 10.2.